The minimum atomic E-state index is -3.53. The minimum Gasteiger partial charge on any atom is -0.394 e. The monoisotopic (exact) mass is 451 g/mol. The first kappa shape index (κ1) is 22.8. The van der Waals surface area contributed by atoms with E-state index in [1.54, 1.807) is 0 Å². The second-order valence-electron chi connectivity index (χ2n) is 8.10. The number of aromatic nitrogens is 3. The van der Waals surface area contributed by atoms with Crippen LogP contribution in [0.4, 0.5) is 11.9 Å². The number of anilines is 2. The van der Waals surface area contributed by atoms with Crippen molar-refractivity contribution in [3.63, 3.8) is 0 Å². The first-order valence-electron chi connectivity index (χ1n) is 10.0. The van der Waals surface area contributed by atoms with Crippen LogP contribution in [-0.2, 0) is 15.8 Å². The largest absolute Gasteiger partial charge is 0.394 e. The molecular weight excluding hydrogens is 422 g/mol. The van der Waals surface area contributed by atoms with Gasteiger partial charge in [0.05, 0.1) is 18.9 Å². The molecule has 10 heteroatoms. The van der Waals surface area contributed by atoms with E-state index in [1.165, 1.54) is 35.7 Å². The van der Waals surface area contributed by atoms with Gasteiger partial charge in [0.15, 0.2) is 5.16 Å². The molecule has 2 aromatic rings. The highest BCUT2D eigenvalue weighted by molar-refractivity contribution is 7.98. The number of hydrogen-bond acceptors (Lipinski definition) is 8. The Morgan fingerprint density at radius 2 is 1.93 bits per heavy atom. The smallest absolute Gasteiger partial charge is 0.242 e. The van der Waals surface area contributed by atoms with Gasteiger partial charge in [0.25, 0.3) is 0 Å². The second kappa shape index (κ2) is 9.93. The Labute approximate surface area is 182 Å². The molecule has 0 amide bonds. The van der Waals surface area contributed by atoms with Crippen LogP contribution in [-0.4, -0.2) is 47.4 Å². The fraction of sp³-hybridized carbons (Fsp3) is 0.550. The van der Waals surface area contributed by atoms with E-state index in [4.69, 9.17) is 0 Å². The molecule has 164 valence electrons. The molecule has 30 heavy (non-hydrogen) atoms. The van der Waals surface area contributed by atoms with Crippen molar-refractivity contribution in [1.82, 2.24) is 15.0 Å². The highest BCUT2D eigenvalue weighted by Crippen LogP contribution is 2.40. The van der Waals surface area contributed by atoms with Crippen molar-refractivity contribution < 1.29 is 13.5 Å². The molecule has 1 saturated carbocycles. The van der Waals surface area contributed by atoms with Gasteiger partial charge >= 0.3 is 0 Å². The molecule has 0 aliphatic heterocycles. The summed E-state index contributed by atoms with van der Waals surface area (Å²) in [5.74, 6) is 1.93. The summed E-state index contributed by atoms with van der Waals surface area (Å²) in [6, 6.07) is 8.28. The molecule has 0 saturated heterocycles. The predicted octanol–water partition coefficient (Wildman–Crippen LogP) is 3.23. The molecule has 8 nitrogen and oxygen atoms in total. The van der Waals surface area contributed by atoms with Crippen molar-refractivity contribution in [1.29, 1.82) is 0 Å². The summed E-state index contributed by atoms with van der Waals surface area (Å²) in [5.41, 5.74) is 2.54. The van der Waals surface area contributed by atoms with Crippen LogP contribution in [0.1, 0.15) is 50.2 Å². The lowest BCUT2D eigenvalue weighted by atomic mass is 10.0. The Balaban J connectivity index is 1.77. The van der Waals surface area contributed by atoms with E-state index in [0.717, 1.165) is 12.7 Å². The third-order valence-electron chi connectivity index (χ3n) is 4.57. The number of aliphatic hydroxyl groups excluding tert-OH is 1. The van der Waals surface area contributed by atoms with E-state index in [2.05, 4.69) is 63.1 Å². The molecule has 1 aromatic heterocycles. The number of hydrogen-bond donors (Lipinski definition) is 3. The summed E-state index contributed by atoms with van der Waals surface area (Å²) in [5, 5.41) is 13.1. The maximum Gasteiger partial charge on any atom is 0.242 e. The molecule has 1 aliphatic carbocycles. The highest BCUT2D eigenvalue weighted by Gasteiger charge is 2.23. The summed E-state index contributed by atoms with van der Waals surface area (Å²) >= 11 is 1.42. The van der Waals surface area contributed by atoms with Crippen LogP contribution in [0.15, 0.2) is 29.4 Å². The lowest BCUT2D eigenvalue weighted by Crippen LogP contribution is -2.27. The van der Waals surface area contributed by atoms with Gasteiger partial charge in [-0.15, -0.1) is 0 Å². The topological polar surface area (TPSA) is 117 Å². The van der Waals surface area contributed by atoms with Gasteiger partial charge in [0, 0.05) is 5.75 Å². The Kier molecular flexibility index (Phi) is 7.54. The summed E-state index contributed by atoms with van der Waals surface area (Å²) in [7, 11) is -3.53. The zero-order chi connectivity index (χ0) is 21.7. The summed E-state index contributed by atoms with van der Waals surface area (Å²) in [6.45, 7) is 4.05. The third kappa shape index (κ3) is 7.41. The molecule has 3 N–H and O–H groups in total. The Bertz CT molecular complexity index is 965. The third-order valence-corrected chi connectivity index (χ3v) is 6.04. The van der Waals surface area contributed by atoms with Crippen LogP contribution in [0.3, 0.4) is 0 Å². The van der Waals surface area contributed by atoms with Gasteiger partial charge in [0.2, 0.25) is 21.9 Å². The second-order valence-corrected chi connectivity index (χ2v) is 10.8. The van der Waals surface area contributed by atoms with Crippen LogP contribution >= 0.6 is 11.8 Å². The Morgan fingerprint density at radius 3 is 2.57 bits per heavy atom. The van der Waals surface area contributed by atoms with Crippen LogP contribution in [0.5, 0.6) is 0 Å². The molecule has 0 spiro atoms. The van der Waals surface area contributed by atoms with E-state index in [1.807, 2.05) is 0 Å². The molecule has 3 rings (SSSR count). The van der Waals surface area contributed by atoms with Crippen LogP contribution in [0.2, 0.25) is 0 Å². The van der Waals surface area contributed by atoms with Crippen molar-refractivity contribution in [3.05, 3.63) is 35.4 Å². The molecular formula is C20H29N5O3S2. The zero-order valence-corrected chi connectivity index (χ0v) is 19.1. The van der Waals surface area contributed by atoms with Crippen molar-refractivity contribution in [2.45, 2.75) is 56.0 Å². The van der Waals surface area contributed by atoms with E-state index in [9.17, 15) is 13.5 Å². The lowest BCUT2D eigenvalue weighted by Gasteiger charge is -2.18. The van der Waals surface area contributed by atoms with Crippen molar-refractivity contribution >= 4 is 33.7 Å². The molecule has 0 radical (unpaired) electrons. The van der Waals surface area contributed by atoms with Gasteiger partial charge in [-0.25, -0.2) is 8.42 Å². The number of sulfonamides is 1. The lowest BCUT2D eigenvalue weighted by molar-refractivity contribution is 0.259. The van der Waals surface area contributed by atoms with Crippen LogP contribution in [0, 0.1) is 5.92 Å². The number of benzene rings is 1. The van der Waals surface area contributed by atoms with Gasteiger partial charge in [-0.1, -0.05) is 49.9 Å². The van der Waals surface area contributed by atoms with Gasteiger partial charge in [-0.3, -0.25) is 4.72 Å². The van der Waals surface area contributed by atoms with E-state index in [-0.39, 0.29) is 24.5 Å². The number of thioether (sulfide) groups is 1. The van der Waals surface area contributed by atoms with E-state index in [0.29, 0.717) is 22.7 Å². The first-order valence-corrected chi connectivity index (χ1v) is 12.9. The standard InChI is InChI=1S/C20H29N5O3S2/c1-13(2)9-17(11-26)21-18-22-19(25-30(3,27)28)24-20(23-18)29-12-14-5-4-6-16(10-14)15-7-8-15/h4-6,10,13,15,17,26H,7-9,11-12H2,1-3H3,(H2,21,22,23,24,25)/t17-/m1/s1. The SMILES string of the molecule is CC(C)C[C@H](CO)Nc1nc(NS(C)(=O)=O)nc(SCc2cccc(C3CC3)c2)n1. The maximum atomic E-state index is 11.7. The Morgan fingerprint density at radius 1 is 1.20 bits per heavy atom. The van der Waals surface area contributed by atoms with Crippen molar-refractivity contribution in [2.24, 2.45) is 5.92 Å². The van der Waals surface area contributed by atoms with E-state index >= 15 is 0 Å². The van der Waals surface area contributed by atoms with Gasteiger partial charge in [-0.2, -0.15) is 15.0 Å². The van der Waals surface area contributed by atoms with Gasteiger partial charge < -0.3 is 10.4 Å². The summed E-state index contributed by atoms with van der Waals surface area (Å²) < 4.78 is 25.6. The molecule has 1 heterocycles. The molecule has 0 unspecified atom stereocenters. The molecule has 1 aromatic carbocycles. The number of nitrogens with one attached hydrogen (secondary N) is 2. The number of nitrogens with zero attached hydrogens (tertiary/aromatic N) is 3. The summed E-state index contributed by atoms with van der Waals surface area (Å²) in [4.78, 5) is 12.8. The normalized spacial score (nSPS) is 15.2. The molecule has 1 fully saturated rings. The average molecular weight is 452 g/mol. The van der Waals surface area contributed by atoms with Gasteiger partial charge in [0.1, 0.15) is 0 Å². The minimum absolute atomic E-state index is 0.0366. The maximum absolute atomic E-state index is 11.7. The zero-order valence-electron chi connectivity index (χ0n) is 17.5. The molecule has 1 aliphatic rings. The van der Waals surface area contributed by atoms with Crippen LogP contribution < -0.4 is 10.0 Å². The van der Waals surface area contributed by atoms with Crippen molar-refractivity contribution in [3.8, 4) is 0 Å². The molecule has 1 atom stereocenters. The summed E-state index contributed by atoms with van der Waals surface area (Å²) in [6.07, 6.45) is 4.28. The fourth-order valence-corrected chi connectivity index (χ4v) is 4.33. The van der Waals surface area contributed by atoms with Gasteiger partial charge in [-0.05, 0) is 42.2 Å². The Hall–Kier alpha value is -1.91. The predicted molar refractivity (Wildman–Crippen MR) is 120 cm³/mol. The highest BCUT2D eigenvalue weighted by atomic mass is 32.2. The van der Waals surface area contributed by atoms with Crippen LogP contribution in [0.25, 0.3) is 0 Å². The fourth-order valence-electron chi connectivity index (χ4n) is 3.13. The quantitative estimate of drug-likeness (QED) is 0.446. The first-order chi connectivity index (χ1) is 14.2. The number of aliphatic hydroxyl groups is 1. The van der Waals surface area contributed by atoms with E-state index < -0.39 is 10.0 Å². The average Bonchev–Trinajstić information content (AvgIpc) is 3.49. The number of rotatable bonds is 11. The van der Waals surface area contributed by atoms with Crippen molar-refractivity contribution in [2.75, 3.05) is 22.9 Å². The molecule has 0 bridgehead atoms.